The van der Waals surface area contributed by atoms with Gasteiger partial charge in [0, 0.05) is 22.9 Å². The van der Waals surface area contributed by atoms with E-state index in [2.05, 4.69) is 21.2 Å². The van der Waals surface area contributed by atoms with E-state index in [4.69, 9.17) is 4.74 Å². The number of halogens is 1. The second-order valence-electron chi connectivity index (χ2n) is 5.38. The molecule has 0 aromatic heterocycles. The predicted octanol–water partition coefficient (Wildman–Crippen LogP) is 2.48. The molecule has 5 nitrogen and oxygen atoms in total. The zero-order valence-corrected chi connectivity index (χ0v) is 13.9. The van der Waals surface area contributed by atoms with Crippen molar-refractivity contribution in [3.63, 3.8) is 0 Å². The average Bonchev–Trinajstić information content (AvgIpc) is 2.51. The van der Waals surface area contributed by atoms with Crippen molar-refractivity contribution in [2.75, 3.05) is 7.11 Å². The highest BCUT2D eigenvalue weighted by molar-refractivity contribution is 9.10. The number of carbonyl (C=O) groups is 3. The van der Waals surface area contributed by atoms with E-state index in [0.29, 0.717) is 18.4 Å². The molecular weight excluding hydrogens is 350 g/mol. The van der Waals surface area contributed by atoms with Crippen LogP contribution in [0.1, 0.15) is 36.0 Å². The highest BCUT2D eigenvalue weighted by Gasteiger charge is 2.34. The van der Waals surface area contributed by atoms with Crippen LogP contribution in [-0.4, -0.2) is 30.8 Å². The number of rotatable bonds is 4. The molecule has 1 aliphatic carbocycles. The Bertz CT molecular complexity index is 587. The highest BCUT2D eigenvalue weighted by atomic mass is 79.9. The maximum Gasteiger partial charge on any atom is 0.328 e. The van der Waals surface area contributed by atoms with Crippen molar-refractivity contribution in [2.45, 2.75) is 31.7 Å². The lowest BCUT2D eigenvalue weighted by Crippen LogP contribution is -2.48. The van der Waals surface area contributed by atoms with E-state index in [1.807, 2.05) is 6.07 Å². The molecule has 0 aliphatic heterocycles. The van der Waals surface area contributed by atoms with E-state index in [1.165, 1.54) is 7.11 Å². The minimum absolute atomic E-state index is 0.127. The van der Waals surface area contributed by atoms with Crippen molar-refractivity contribution in [3.8, 4) is 0 Å². The molecule has 1 amide bonds. The summed E-state index contributed by atoms with van der Waals surface area (Å²) in [6, 6.07) is 6.11. The minimum Gasteiger partial charge on any atom is -0.467 e. The largest absolute Gasteiger partial charge is 0.467 e. The van der Waals surface area contributed by atoms with Crippen LogP contribution in [0.5, 0.6) is 0 Å². The van der Waals surface area contributed by atoms with E-state index in [1.54, 1.807) is 18.2 Å². The zero-order valence-electron chi connectivity index (χ0n) is 12.3. The van der Waals surface area contributed by atoms with Crippen LogP contribution in [-0.2, 0) is 14.3 Å². The van der Waals surface area contributed by atoms with Gasteiger partial charge in [0.2, 0.25) is 0 Å². The summed E-state index contributed by atoms with van der Waals surface area (Å²) in [4.78, 5) is 35.9. The number of Topliss-reactive ketones (excluding diaryl/α,β-unsaturated/α-hetero) is 1. The van der Waals surface area contributed by atoms with Gasteiger partial charge in [-0.15, -0.1) is 0 Å². The smallest absolute Gasteiger partial charge is 0.328 e. The summed E-state index contributed by atoms with van der Waals surface area (Å²) >= 11 is 3.31. The van der Waals surface area contributed by atoms with Gasteiger partial charge < -0.3 is 10.1 Å². The van der Waals surface area contributed by atoms with Gasteiger partial charge in [-0.05, 0) is 37.0 Å². The van der Waals surface area contributed by atoms with Crippen LogP contribution in [0.4, 0.5) is 0 Å². The third-order valence-corrected chi connectivity index (χ3v) is 4.31. The maximum absolute atomic E-state index is 12.3. The summed E-state index contributed by atoms with van der Waals surface area (Å²) in [6.07, 6.45) is 2.32. The zero-order chi connectivity index (χ0) is 16.1. The lowest BCUT2D eigenvalue weighted by atomic mass is 9.83. The van der Waals surface area contributed by atoms with Crippen molar-refractivity contribution in [2.24, 2.45) is 5.92 Å². The number of ether oxygens (including phenoxy) is 1. The van der Waals surface area contributed by atoms with Crippen LogP contribution in [0.3, 0.4) is 0 Å². The third-order valence-electron chi connectivity index (χ3n) is 3.82. The summed E-state index contributed by atoms with van der Waals surface area (Å²) in [5.41, 5.74) is 0.449. The first-order valence-electron chi connectivity index (χ1n) is 7.17. The summed E-state index contributed by atoms with van der Waals surface area (Å²) in [5, 5.41) is 2.71. The molecule has 1 aromatic rings. The number of ketones is 1. The Morgan fingerprint density at radius 2 is 2.18 bits per heavy atom. The third kappa shape index (κ3) is 4.16. The molecule has 2 rings (SSSR count). The Labute approximate surface area is 137 Å². The molecule has 1 saturated carbocycles. The Balaban J connectivity index is 2.14. The van der Waals surface area contributed by atoms with Gasteiger partial charge in [-0.2, -0.15) is 0 Å². The average molecular weight is 368 g/mol. The van der Waals surface area contributed by atoms with Gasteiger partial charge in [0.05, 0.1) is 7.11 Å². The van der Waals surface area contributed by atoms with Gasteiger partial charge in [0.15, 0.2) is 0 Å². The summed E-state index contributed by atoms with van der Waals surface area (Å²) in [5.74, 6) is -0.940. The summed E-state index contributed by atoms with van der Waals surface area (Å²) in [7, 11) is 1.28. The minimum atomic E-state index is -0.791. The Kier molecular flexibility index (Phi) is 5.71. The number of nitrogens with one attached hydrogen (secondary N) is 1. The normalized spacial score (nSPS) is 19.4. The first-order valence-corrected chi connectivity index (χ1v) is 7.96. The van der Waals surface area contributed by atoms with Gasteiger partial charge in [-0.1, -0.05) is 22.0 Å². The van der Waals surface area contributed by atoms with Crippen LogP contribution in [0.25, 0.3) is 0 Å². The standard InChI is InChI=1S/C16H18BrNO4/c1-22-16(21)14(10-4-3-7-13(19)9-10)18-15(20)11-5-2-6-12(17)8-11/h2,5-6,8,10,14H,3-4,7,9H2,1H3,(H,18,20)/t10-,14+/m0/s1. The molecule has 0 heterocycles. The fourth-order valence-electron chi connectivity index (χ4n) is 2.69. The van der Waals surface area contributed by atoms with Gasteiger partial charge >= 0.3 is 5.97 Å². The number of hydrogen-bond donors (Lipinski definition) is 1. The number of benzene rings is 1. The Morgan fingerprint density at radius 3 is 2.82 bits per heavy atom. The lowest BCUT2D eigenvalue weighted by molar-refractivity contribution is -0.145. The topological polar surface area (TPSA) is 72.5 Å². The molecule has 0 bridgehead atoms. The van der Waals surface area contributed by atoms with Gasteiger partial charge in [0.25, 0.3) is 5.91 Å². The van der Waals surface area contributed by atoms with E-state index in [-0.39, 0.29) is 17.6 Å². The molecule has 0 spiro atoms. The first-order chi connectivity index (χ1) is 10.5. The lowest BCUT2D eigenvalue weighted by Gasteiger charge is -2.28. The number of methoxy groups -OCH3 is 1. The van der Waals surface area contributed by atoms with E-state index >= 15 is 0 Å². The molecule has 6 heteroatoms. The number of esters is 1. The van der Waals surface area contributed by atoms with E-state index in [9.17, 15) is 14.4 Å². The van der Waals surface area contributed by atoms with Crippen LogP contribution in [0, 0.1) is 5.92 Å². The molecule has 1 aromatic carbocycles. The molecule has 1 fully saturated rings. The quantitative estimate of drug-likeness (QED) is 0.829. The van der Waals surface area contributed by atoms with Crippen molar-refractivity contribution < 1.29 is 19.1 Å². The van der Waals surface area contributed by atoms with Crippen molar-refractivity contribution in [3.05, 3.63) is 34.3 Å². The second kappa shape index (κ2) is 7.54. The molecule has 22 heavy (non-hydrogen) atoms. The Morgan fingerprint density at radius 1 is 1.41 bits per heavy atom. The van der Waals surface area contributed by atoms with Gasteiger partial charge in [0.1, 0.15) is 11.8 Å². The summed E-state index contributed by atoms with van der Waals surface area (Å²) < 4.78 is 5.57. The maximum atomic E-state index is 12.3. The second-order valence-corrected chi connectivity index (χ2v) is 6.30. The molecular formula is C16H18BrNO4. The van der Waals surface area contributed by atoms with Crippen molar-refractivity contribution in [1.82, 2.24) is 5.32 Å². The van der Waals surface area contributed by atoms with Gasteiger partial charge in [-0.3, -0.25) is 9.59 Å². The fourth-order valence-corrected chi connectivity index (χ4v) is 3.09. The van der Waals surface area contributed by atoms with Crippen molar-refractivity contribution in [1.29, 1.82) is 0 Å². The molecule has 0 radical (unpaired) electrons. The van der Waals surface area contributed by atoms with Crippen LogP contribution in [0.2, 0.25) is 0 Å². The molecule has 0 unspecified atom stereocenters. The van der Waals surface area contributed by atoms with E-state index in [0.717, 1.165) is 17.3 Å². The van der Waals surface area contributed by atoms with Crippen LogP contribution >= 0.6 is 15.9 Å². The molecule has 0 saturated heterocycles. The molecule has 1 aliphatic rings. The summed E-state index contributed by atoms with van der Waals surface area (Å²) in [6.45, 7) is 0. The number of amides is 1. The fraction of sp³-hybridized carbons (Fsp3) is 0.438. The SMILES string of the molecule is COC(=O)[C@H](NC(=O)c1cccc(Br)c1)[C@H]1CCCC(=O)C1. The van der Waals surface area contributed by atoms with Crippen LogP contribution in [0.15, 0.2) is 28.7 Å². The predicted molar refractivity (Wildman–Crippen MR) is 84.4 cm³/mol. The van der Waals surface area contributed by atoms with Crippen LogP contribution < -0.4 is 5.32 Å². The number of hydrogen-bond acceptors (Lipinski definition) is 4. The van der Waals surface area contributed by atoms with E-state index < -0.39 is 12.0 Å². The first kappa shape index (κ1) is 16.7. The molecule has 1 N–H and O–H groups in total. The van der Waals surface area contributed by atoms with Crippen molar-refractivity contribution >= 4 is 33.6 Å². The monoisotopic (exact) mass is 367 g/mol. The molecule has 2 atom stereocenters. The highest BCUT2D eigenvalue weighted by Crippen LogP contribution is 2.25. The Hall–Kier alpha value is -1.69. The number of carbonyl (C=O) groups excluding carboxylic acids is 3. The van der Waals surface area contributed by atoms with Gasteiger partial charge in [-0.25, -0.2) is 4.79 Å². The molecule has 118 valence electrons.